The lowest BCUT2D eigenvalue weighted by Gasteiger charge is -2.35. The van der Waals surface area contributed by atoms with E-state index in [1.165, 1.54) is 10.6 Å². The van der Waals surface area contributed by atoms with Crippen LogP contribution in [0.3, 0.4) is 0 Å². The van der Waals surface area contributed by atoms with Gasteiger partial charge in [-0.1, -0.05) is 13.0 Å². The Bertz CT molecular complexity index is 1430. The van der Waals surface area contributed by atoms with E-state index in [1.54, 1.807) is 25.1 Å². The van der Waals surface area contributed by atoms with Crippen LogP contribution in [0.15, 0.2) is 29.1 Å². The van der Waals surface area contributed by atoms with Crippen LogP contribution >= 0.6 is 0 Å². The zero-order valence-electron chi connectivity index (χ0n) is 17.9. The van der Waals surface area contributed by atoms with Crippen LogP contribution in [0.4, 0.5) is 0 Å². The van der Waals surface area contributed by atoms with Gasteiger partial charge in [0.25, 0.3) is 11.8 Å². The normalized spacial score (nSPS) is 20.7. The second kappa shape index (κ2) is 7.12. The Kier molecular flexibility index (Phi) is 4.56. The van der Waals surface area contributed by atoms with Crippen LogP contribution in [-0.4, -0.2) is 31.7 Å². The van der Waals surface area contributed by atoms with Crippen LogP contribution < -0.4 is 11.3 Å². The first kappa shape index (κ1) is 21.1. The molecule has 4 N–H and O–H groups in total. The average molecular weight is 451 g/mol. The van der Waals surface area contributed by atoms with Crippen molar-refractivity contribution in [3.63, 3.8) is 0 Å². The number of nitrogens with two attached hydrogens (primary N) is 1. The third-order valence-corrected chi connectivity index (χ3v) is 6.28. The number of hydrogen-bond acceptors (Lipinski definition) is 9. The summed E-state index contributed by atoms with van der Waals surface area (Å²) in [6.07, 6.45) is -1.61. The molecule has 170 valence electrons. The summed E-state index contributed by atoms with van der Waals surface area (Å²) in [5.74, 6) is -1.72. The van der Waals surface area contributed by atoms with Gasteiger partial charge in [-0.3, -0.25) is 9.59 Å². The standard InChI is InChI=1S/C23H21N3O7/c1-3-23(31)14-7-16-18-12(6-13-15(25-18)5-4-11(8-24)19(13)28)9-26(16)20(29)17(14)21(32-10(2)27)33-22(23)30/h4-7,21,28,31H,3,8-9,24H2,1-2H3/t21-,23-/m0/s1. The first-order valence-electron chi connectivity index (χ1n) is 10.4. The van der Waals surface area contributed by atoms with Gasteiger partial charge in [-0.15, -0.1) is 0 Å². The lowest BCUT2D eigenvalue weighted by atomic mass is 9.85. The molecule has 1 aromatic carbocycles. The number of aromatic nitrogens is 2. The van der Waals surface area contributed by atoms with Crippen LogP contribution in [0.1, 0.15) is 48.8 Å². The molecule has 2 aliphatic rings. The van der Waals surface area contributed by atoms with Crippen molar-refractivity contribution in [1.82, 2.24) is 9.55 Å². The van der Waals surface area contributed by atoms with Gasteiger partial charge in [-0.2, -0.15) is 0 Å². The second-order valence-corrected chi connectivity index (χ2v) is 8.15. The summed E-state index contributed by atoms with van der Waals surface area (Å²) in [7, 11) is 0. The molecule has 2 aromatic heterocycles. The molecule has 0 fully saturated rings. The number of aliphatic hydroxyl groups is 1. The zero-order valence-corrected chi connectivity index (χ0v) is 17.9. The third-order valence-electron chi connectivity index (χ3n) is 6.28. The topological polar surface area (TPSA) is 154 Å². The molecule has 2 atom stereocenters. The Labute approximate surface area is 187 Å². The van der Waals surface area contributed by atoms with Crippen molar-refractivity contribution in [3.8, 4) is 17.1 Å². The number of carbonyl (C=O) groups excluding carboxylic acids is 2. The molecule has 0 radical (unpaired) electrons. The number of benzene rings is 1. The summed E-state index contributed by atoms with van der Waals surface area (Å²) in [4.78, 5) is 42.3. The van der Waals surface area contributed by atoms with Crippen molar-refractivity contribution >= 4 is 22.8 Å². The van der Waals surface area contributed by atoms with Crippen LogP contribution in [0.2, 0.25) is 0 Å². The molecule has 0 bridgehead atoms. The molecule has 2 aliphatic heterocycles. The van der Waals surface area contributed by atoms with E-state index in [9.17, 15) is 24.6 Å². The summed E-state index contributed by atoms with van der Waals surface area (Å²) in [5, 5.41) is 22.1. The summed E-state index contributed by atoms with van der Waals surface area (Å²) in [6, 6.07) is 6.68. The number of phenolic OH excluding ortho intramolecular Hbond substituents is 1. The highest BCUT2D eigenvalue weighted by Gasteiger charge is 2.50. The van der Waals surface area contributed by atoms with Crippen LogP contribution in [0, 0.1) is 0 Å². The number of esters is 2. The predicted octanol–water partition coefficient (Wildman–Crippen LogP) is 1.31. The van der Waals surface area contributed by atoms with E-state index in [-0.39, 0.29) is 36.4 Å². The SMILES string of the molecule is CC[C@@]1(O)C(=O)O[C@H](OC(C)=O)c2c1cc1n(c2=O)Cc2cc3c(O)c(CN)ccc3nc2-1. The van der Waals surface area contributed by atoms with Crippen molar-refractivity contribution in [3.05, 3.63) is 56.9 Å². The van der Waals surface area contributed by atoms with Gasteiger partial charge >= 0.3 is 11.9 Å². The minimum absolute atomic E-state index is 0.0276. The fraction of sp³-hybridized carbons (Fsp3) is 0.304. The van der Waals surface area contributed by atoms with E-state index in [4.69, 9.17) is 15.2 Å². The van der Waals surface area contributed by atoms with Crippen LogP contribution in [-0.2, 0) is 37.8 Å². The molecule has 33 heavy (non-hydrogen) atoms. The Balaban J connectivity index is 1.77. The average Bonchev–Trinajstić information content (AvgIpc) is 3.14. The van der Waals surface area contributed by atoms with Gasteiger partial charge in [0.1, 0.15) is 11.3 Å². The van der Waals surface area contributed by atoms with Gasteiger partial charge in [0.2, 0.25) is 0 Å². The Morgan fingerprint density at radius 1 is 1.36 bits per heavy atom. The maximum absolute atomic E-state index is 13.5. The van der Waals surface area contributed by atoms with E-state index in [0.717, 1.165) is 6.92 Å². The maximum atomic E-state index is 13.5. The predicted molar refractivity (Wildman–Crippen MR) is 115 cm³/mol. The van der Waals surface area contributed by atoms with Gasteiger partial charge in [-0.05, 0) is 24.6 Å². The summed E-state index contributed by atoms with van der Waals surface area (Å²) >= 11 is 0. The molecule has 0 amide bonds. The Morgan fingerprint density at radius 2 is 2.12 bits per heavy atom. The van der Waals surface area contributed by atoms with Crippen molar-refractivity contribution < 1.29 is 29.3 Å². The van der Waals surface area contributed by atoms with Crippen molar-refractivity contribution in [2.75, 3.05) is 0 Å². The number of pyridine rings is 2. The molecule has 10 nitrogen and oxygen atoms in total. The number of aromatic hydroxyl groups is 1. The molecule has 0 saturated carbocycles. The fourth-order valence-corrected chi connectivity index (χ4v) is 4.51. The molecule has 10 heteroatoms. The first-order valence-corrected chi connectivity index (χ1v) is 10.4. The number of phenols is 1. The van der Waals surface area contributed by atoms with Gasteiger partial charge in [0.05, 0.1) is 23.4 Å². The second-order valence-electron chi connectivity index (χ2n) is 8.15. The molecular formula is C23H21N3O7. The lowest BCUT2D eigenvalue weighted by molar-refractivity contribution is -0.210. The molecule has 0 aliphatic carbocycles. The Hall–Kier alpha value is -3.76. The number of hydrogen-bond donors (Lipinski definition) is 3. The molecular weight excluding hydrogens is 430 g/mol. The van der Waals surface area contributed by atoms with Crippen molar-refractivity contribution in [2.24, 2.45) is 5.73 Å². The minimum atomic E-state index is -2.07. The summed E-state index contributed by atoms with van der Waals surface area (Å²) in [6.45, 7) is 3.01. The Morgan fingerprint density at radius 3 is 2.79 bits per heavy atom. The molecule has 0 saturated heterocycles. The first-order chi connectivity index (χ1) is 15.7. The van der Waals surface area contributed by atoms with E-state index in [0.29, 0.717) is 33.4 Å². The summed E-state index contributed by atoms with van der Waals surface area (Å²) in [5.41, 5.74) is 5.60. The number of rotatable bonds is 3. The number of nitrogens with zero attached hydrogens (tertiary/aromatic N) is 2. The highest BCUT2D eigenvalue weighted by atomic mass is 16.7. The zero-order chi connectivity index (χ0) is 23.7. The van der Waals surface area contributed by atoms with Gasteiger partial charge in [-0.25, -0.2) is 9.78 Å². The quantitative estimate of drug-likeness (QED) is 0.391. The summed E-state index contributed by atoms with van der Waals surface area (Å²) < 4.78 is 11.6. The molecule has 5 rings (SSSR count). The number of fused-ring (bicyclic) bond motifs is 5. The van der Waals surface area contributed by atoms with E-state index < -0.39 is 29.4 Å². The van der Waals surface area contributed by atoms with Gasteiger partial charge in [0, 0.05) is 35.5 Å². The van der Waals surface area contributed by atoms with Crippen LogP contribution in [0.5, 0.6) is 5.75 Å². The smallest absolute Gasteiger partial charge is 0.346 e. The highest BCUT2D eigenvalue weighted by molar-refractivity contribution is 5.90. The number of ether oxygens (including phenoxy) is 2. The van der Waals surface area contributed by atoms with Crippen molar-refractivity contribution in [1.29, 1.82) is 0 Å². The van der Waals surface area contributed by atoms with E-state index >= 15 is 0 Å². The third kappa shape index (κ3) is 2.87. The number of cyclic esters (lactones) is 1. The molecule has 0 spiro atoms. The lowest BCUT2D eigenvalue weighted by Crippen LogP contribution is -2.46. The van der Waals surface area contributed by atoms with Crippen molar-refractivity contribution in [2.45, 2.75) is 45.2 Å². The van der Waals surface area contributed by atoms with Crippen LogP contribution in [0.25, 0.3) is 22.3 Å². The van der Waals surface area contributed by atoms with E-state index in [1.807, 2.05) is 0 Å². The fourth-order valence-electron chi connectivity index (χ4n) is 4.51. The minimum Gasteiger partial charge on any atom is -0.507 e. The largest absolute Gasteiger partial charge is 0.507 e. The van der Waals surface area contributed by atoms with Gasteiger partial charge < -0.3 is 30.0 Å². The van der Waals surface area contributed by atoms with Gasteiger partial charge in [0.15, 0.2) is 5.60 Å². The molecule has 4 heterocycles. The van der Waals surface area contributed by atoms with E-state index in [2.05, 4.69) is 4.98 Å². The molecule has 3 aromatic rings. The number of carbonyl (C=O) groups is 2. The monoisotopic (exact) mass is 451 g/mol. The highest BCUT2D eigenvalue weighted by Crippen LogP contribution is 2.42. The molecule has 0 unspecified atom stereocenters. The maximum Gasteiger partial charge on any atom is 0.346 e.